The lowest BCUT2D eigenvalue weighted by Gasteiger charge is -2.21. The van der Waals surface area contributed by atoms with Gasteiger partial charge in [0.1, 0.15) is 5.41 Å². The molecule has 0 bridgehead atoms. The molecule has 1 aliphatic carbocycles. The Balaban J connectivity index is 1.96. The van der Waals surface area contributed by atoms with Crippen molar-refractivity contribution in [2.24, 2.45) is 5.41 Å². The molecule has 0 spiro atoms. The topological polar surface area (TPSA) is 57.6 Å². The van der Waals surface area contributed by atoms with Gasteiger partial charge in [-0.1, -0.05) is 12.1 Å². The fourth-order valence-electron chi connectivity index (χ4n) is 2.72. The largest absolute Gasteiger partial charge is 0.480 e. The number of aryl methyl sites for hydroxylation is 1. The highest BCUT2D eigenvalue weighted by Crippen LogP contribution is 2.49. The van der Waals surface area contributed by atoms with Gasteiger partial charge in [0, 0.05) is 12.2 Å². The Morgan fingerprint density at radius 1 is 1.33 bits per heavy atom. The van der Waals surface area contributed by atoms with Crippen LogP contribution in [0.3, 0.4) is 0 Å². The van der Waals surface area contributed by atoms with Crippen LogP contribution in [-0.4, -0.2) is 23.5 Å². The van der Waals surface area contributed by atoms with Crippen molar-refractivity contribution < 1.29 is 14.7 Å². The Bertz CT molecular complexity index is 546. The Morgan fingerprint density at radius 2 is 2.06 bits per heavy atom. The molecule has 4 heteroatoms. The van der Waals surface area contributed by atoms with E-state index in [1.807, 2.05) is 25.1 Å². The van der Waals surface area contributed by atoms with Crippen molar-refractivity contribution in [3.05, 3.63) is 29.3 Å². The zero-order valence-electron chi connectivity index (χ0n) is 10.3. The summed E-state index contributed by atoms with van der Waals surface area (Å²) in [5.41, 5.74) is 2.10. The van der Waals surface area contributed by atoms with Crippen molar-refractivity contribution in [2.75, 3.05) is 11.4 Å². The molecule has 94 valence electrons. The zero-order chi connectivity index (χ0) is 12.9. The molecule has 0 aromatic heterocycles. The van der Waals surface area contributed by atoms with Gasteiger partial charge in [-0.15, -0.1) is 0 Å². The number of hydrogen-bond donors (Lipinski definition) is 1. The summed E-state index contributed by atoms with van der Waals surface area (Å²) in [5, 5.41) is 9.19. The summed E-state index contributed by atoms with van der Waals surface area (Å²) in [5.74, 6) is -1.21. The monoisotopic (exact) mass is 245 g/mol. The summed E-state index contributed by atoms with van der Waals surface area (Å²) in [4.78, 5) is 25.3. The molecule has 1 saturated carbocycles. The molecule has 0 radical (unpaired) electrons. The van der Waals surface area contributed by atoms with Crippen LogP contribution in [0.15, 0.2) is 18.2 Å². The third-order valence-electron chi connectivity index (χ3n) is 4.08. The fraction of sp³-hybridized carbons (Fsp3) is 0.429. The lowest BCUT2D eigenvalue weighted by atomic mass is 10.0. The molecule has 1 amide bonds. The maximum absolute atomic E-state index is 12.4. The quantitative estimate of drug-likeness (QED) is 0.807. The van der Waals surface area contributed by atoms with Crippen LogP contribution in [-0.2, 0) is 16.0 Å². The van der Waals surface area contributed by atoms with Crippen LogP contribution in [0.5, 0.6) is 0 Å². The van der Waals surface area contributed by atoms with Gasteiger partial charge in [-0.2, -0.15) is 0 Å². The molecule has 1 aromatic rings. The Hall–Kier alpha value is -1.84. The summed E-state index contributed by atoms with van der Waals surface area (Å²) < 4.78 is 0. The van der Waals surface area contributed by atoms with Gasteiger partial charge in [0.15, 0.2) is 0 Å². The second kappa shape index (κ2) is 3.57. The zero-order valence-corrected chi connectivity index (χ0v) is 10.3. The van der Waals surface area contributed by atoms with Gasteiger partial charge >= 0.3 is 5.97 Å². The highest BCUT2D eigenvalue weighted by molar-refractivity contribution is 6.12. The molecule has 1 aromatic carbocycles. The van der Waals surface area contributed by atoms with Gasteiger partial charge in [-0.3, -0.25) is 9.59 Å². The second-order valence-corrected chi connectivity index (χ2v) is 5.17. The summed E-state index contributed by atoms with van der Waals surface area (Å²) in [7, 11) is 0. The number of carboxylic acid groups (broad SMARTS) is 1. The average Bonchev–Trinajstić information content (AvgIpc) is 3.04. The van der Waals surface area contributed by atoms with E-state index >= 15 is 0 Å². The van der Waals surface area contributed by atoms with Gasteiger partial charge in [-0.05, 0) is 43.4 Å². The van der Waals surface area contributed by atoms with Gasteiger partial charge in [-0.25, -0.2) is 0 Å². The van der Waals surface area contributed by atoms with Gasteiger partial charge in [0.05, 0.1) is 0 Å². The molecule has 0 unspecified atom stereocenters. The molecule has 1 aliphatic heterocycles. The van der Waals surface area contributed by atoms with Crippen LogP contribution >= 0.6 is 0 Å². The maximum Gasteiger partial charge on any atom is 0.319 e. The van der Waals surface area contributed by atoms with E-state index in [2.05, 4.69) is 0 Å². The molecular formula is C14H15NO3. The predicted octanol–water partition coefficient (Wildman–Crippen LogP) is 1.75. The van der Waals surface area contributed by atoms with E-state index in [-0.39, 0.29) is 5.91 Å². The SMILES string of the molecule is Cc1cccc2c1CCN2C(=O)C1(C(=O)O)CC1. The van der Waals surface area contributed by atoms with Crippen LogP contribution < -0.4 is 4.90 Å². The van der Waals surface area contributed by atoms with Crippen LogP contribution in [0.1, 0.15) is 24.0 Å². The Morgan fingerprint density at radius 3 is 2.67 bits per heavy atom. The minimum Gasteiger partial charge on any atom is -0.480 e. The predicted molar refractivity (Wildman–Crippen MR) is 66.5 cm³/mol. The molecule has 3 rings (SSSR count). The molecule has 0 saturated heterocycles. The number of anilines is 1. The number of hydrogen-bond acceptors (Lipinski definition) is 2. The minimum atomic E-state index is -1.13. The first kappa shape index (κ1) is 11.3. The van der Waals surface area contributed by atoms with E-state index in [9.17, 15) is 14.7 Å². The lowest BCUT2D eigenvalue weighted by Crippen LogP contribution is -2.40. The summed E-state index contributed by atoms with van der Waals surface area (Å²) in [6.45, 7) is 2.63. The Labute approximate surface area is 105 Å². The van der Waals surface area contributed by atoms with Gasteiger partial charge < -0.3 is 10.0 Å². The van der Waals surface area contributed by atoms with Crippen LogP contribution in [0.25, 0.3) is 0 Å². The van der Waals surface area contributed by atoms with Crippen LogP contribution in [0, 0.1) is 12.3 Å². The van der Waals surface area contributed by atoms with E-state index in [0.717, 1.165) is 12.1 Å². The van der Waals surface area contributed by atoms with E-state index in [1.54, 1.807) is 4.90 Å². The average molecular weight is 245 g/mol. The summed E-state index contributed by atoms with van der Waals surface area (Å²) in [6.07, 6.45) is 1.76. The van der Waals surface area contributed by atoms with E-state index in [0.29, 0.717) is 19.4 Å². The molecule has 4 nitrogen and oxygen atoms in total. The summed E-state index contributed by atoms with van der Waals surface area (Å²) in [6, 6.07) is 5.85. The first-order valence-electron chi connectivity index (χ1n) is 6.20. The molecule has 1 N–H and O–H groups in total. The van der Waals surface area contributed by atoms with E-state index in [1.165, 1.54) is 11.1 Å². The third kappa shape index (κ3) is 1.38. The maximum atomic E-state index is 12.4. The van der Waals surface area contributed by atoms with Crippen molar-refractivity contribution in [1.82, 2.24) is 0 Å². The van der Waals surface area contributed by atoms with Crippen molar-refractivity contribution >= 4 is 17.6 Å². The van der Waals surface area contributed by atoms with Gasteiger partial charge in [0.2, 0.25) is 5.91 Å². The Kier molecular flexibility index (Phi) is 2.24. The third-order valence-corrected chi connectivity index (χ3v) is 4.08. The number of carboxylic acids is 1. The molecule has 1 fully saturated rings. The van der Waals surface area contributed by atoms with Crippen molar-refractivity contribution in [2.45, 2.75) is 26.2 Å². The van der Waals surface area contributed by atoms with Crippen LogP contribution in [0.2, 0.25) is 0 Å². The standard InChI is InChI=1S/C14H15NO3/c1-9-3-2-4-11-10(9)5-8-15(11)12(16)14(6-7-14)13(17)18/h2-4H,5-8H2,1H3,(H,17,18). The minimum absolute atomic E-state index is 0.237. The smallest absolute Gasteiger partial charge is 0.319 e. The lowest BCUT2D eigenvalue weighted by molar-refractivity contribution is -0.148. The number of nitrogens with zero attached hydrogens (tertiary/aromatic N) is 1. The number of amides is 1. The van der Waals surface area contributed by atoms with E-state index in [4.69, 9.17) is 0 Å². The highest BCUT2D eigenvalue weighted by Gasteiger charge is 2.59. The van der Waals surface area contributed by atoms with Crippen molar-refractivity contribution in [3.63, 3.8) is 0 Å². The molecule has 0 atom stereocenters. The van der Waals surface area contributed by atoms with Crippen LogP contribution in [0.4, 0.5) is 5.69 Å². The first-order valence-corrected chi connectivity index (χ1v) is 6.20. The normalized spacial score (nSPS) is 19.5. The number of fused-ring (bicyclic) bond motifs is 1. The summed E-state index contributed by atoms with van der Waals surface area (Å²) >= 11 is 0. The molecule has 18 heavy (non-hydrogen) atoms. The highest BCUT2D eigenvalue weighted by atomic mass is 16.4. The number of carbonyl (C=O) groups is 2. The van der Waals surface area contributed by atoms with E-state index < -0.39 is 11.4 Å². The number of aliphatic carboxylic acids is 1. The van der Waals surface area contributed by atoms with Gasteiger partial charge in [0.25, 0.3) is 0 Å². The first-order chi connectivity index (χ1) is 8.56. The number of carbonyl (C=O) groups excluding carboxylic acids is 1. The second-order valence-electron chi connectivity index (χ2n) is 5.17. The molecule has 1 heterocycles. The fourth-order valence-corrected chi connectivity index (χ4v) is 2.72. The van der Waals surface area contributed by atoms with Crippen molar-refractivity contribution in [3.8, 4) is 0 Å². The number of benzene rings is 1. The number of rotatable bonds is 2. The van der Waals surface area contributed by atoms with Crippen molar-refractivity contribution in [1.29, 1.82) is 0 Å². The molecular weight excluding hydrogens is 230 g/mol. The molecule has 2 aliphatic rings.